The molecular weight excluding hydrogens is 537 g/mol. The molecule has 1 amide bonds. The number of anilines is 1. The standard InChI is InChI=1S/C30H27Cl2N3O4/c1-16(2)34-28-26(33-29(34)22-13-18(14-25(36)37)6-12-24(22)39-4)30(38)35(23-15-21(32)9-5-17(23)3)27(28)19-7-10-20(31)11-8-19/h5-13,15-16,27H,14H2,1-4H3,(H,36,37). The summed E-state index contributed by atoms with van der Waals surface area (Å²) in [6.45, 7) is 5.99. The van der Waals surface area contributed by atoms with Gasteiger partial charge in [0.25, 0.3) is 5.91 Å². The van der Waals surface area contributed by atoms with Crippen molar-refractivity contribution in [2.75, 3.05) is 12.0 Å². The first-order valence-corrected chi connectivity index (χ1v) is 13.2. The number of amides is 1. The molecule has 9 heteroatoms. The van der Waals surface area contributed by atoms with Gasteiger partial charge in [0.05, 0.1) is 24.8 Å². The van der Waals surface area contributed by atoms with Crippen molar-refractivity contribution >= 4 is 40.8 Å². The molecule has 1 aliphatic rings. The number of ether oxygens (including phenoxy) is 1. The monoisotopic (exact) mass is 563 g/mol. The summed E-state index contributed by atoms with van der Waals surface area (Å²) in [5.74, 6) is -0.121. The maximum atomic E-state index is 14.2. The molecule has 0 radical (unpaired) electrons. The third-order valence-electron chi connectivity index (χ3n) is 6.88. The Morgan fingerprint density at radius 3 is 2.38 bits per heavy atom. The van der Waals surface area contributed by atoms with Crippen LogP contribution in [0.15, 0.2) is 60.7 Å². The first kappa shape index (κ1) is 26.8. The topological polar surface area (TPSA) is 84.7 Å². The fraction of sp³-hybridized carbons (Fsp3) is 0.233. The Labute approximate surface area is 236 Å². The molecule has 1 N–H and O–H groups in total. The molecule has 0 fully saturated rings. The molecule has 200 valence electrons. The van der Waals surface area contributed by atoms with Crippen LogP contribution in [0.25, 0.3) is 11.4 Å². The molecule has 0 aliphatic carbocycles. The average Bonchev–Trinajstić information content (AvgIpc) is 3.41. The molecule has 7 nitrogen and oxygen atoms in total. The number of carboxylic acid groups (broad SMARTS) is 1. The molecule has 1 unspecified atom stereocenters. The Hall–Kier alpha value is -3.81. The van der Waals surface area contributed by atoms with Crippen LogP contribution in [0.3, 0.4) is 0 Å². The van der Waals surface area contributed by atoms with Gasteiger partial charge in [0.2, 0.25) is 0 Å². The van der Waals surface area contributed by atoms with Crippen LogP contribution >= 0.6 is 23.2 Å². The van der Waals surface area contributed by atoms with Crippen molar-refractivity contribution < 1.29 is 19.4 Å². The number of methoxy groups -OCH3 is 1. The van der Waals surface area contributed by atoms with Crippen LogP contribution in [0, 0.1) is 6.92 Å². The van der Waals surface area contributed by atoms with E-state index in [2.05, 4.69) is 0 Å². The van der Waals surface area contributed by atoms with Gasteiger partial charge in [-0.3, -0.25) is 14.5 Å². The van der Waals surface area contributed by atoms with E-state index in [-0.39, 0.29) is 18.4 Å². The van der Waals surface area contributed by atoms with Crippen molar-refractivity contribution in [3.8, 4) is 17.1 Å². The number of imidazole rings is 1. The number of carbonyl (C=O) groups is 2. The van der Waals surface area contributed by atoms with Crippen molar-refractivity contribution in [3.63, 3.8) is 0 Å². The average molecular weight is 564 g/mol. The quantitative estimate of drug-likeness (QED) is 0.258. The predicted molar refractivity (Wildman–Crippen MR) is 152 cm³/mol. The maximum Gasteiger partial charge on any atom is 0.307 e. The fourth-order valence-electron chi connectivity index (χ4n) is 5.19. The number of aromatic nitrogens is 2. The summed E-state index contributed by atoms with van der Waals surface area (Å²) in [6.07, 6.45) is -0.146. The number of hydrogen-bond donors (Lipinski definition) is 1. The number of rotatable bonds is 7. The first-order valence-electron chi connectivity index (χ1n) is 12.5. The molecule has 0 saturated heterocycles. The van der Waals surface area contributed by atoms with Crippen molar-refractivity contribution in [1.29, 1.82) is 0 Å². The number of nitrogens with zero attached hydrogens (tertiary/aromatic N) is 3. The summed E-state index contributed by atoms with van der Waals surface area (Å²) >= 11 is 12.6. The molecule has 1 atom stereocenters. The predicted octanol–water partition coefficient (Wildman–Crippen LogP) is 7.13. The van der Waals surface area contributed by atoms with E-state index in [1.807, 2.05) is 43.5 Å². The number of carbonyl (C=O) groups excluding carboxylic acids is 1. The van der Waals surface area contributed by atoms with E-state index < -0.39 is 12.0 Å². The number of aryl methyl sites for hydroxylation is 1. The zero-order valence-electron chi connectivity index (χ0n) is 21.9. The van der Waals surface area contributed by atoms with E-state index >= 15 is 0 Å². The van der Waals surface area contributed by atoms with Gasteiger partial charge in [-0.05, 0) is 73.9 Å². The molecular formula is C30H27Cl2N3O4. The Morgan fingerprint density at radius 1 is 1.05 bits per heavy atom. The summed E-state index contributed by atoms with van der Waals surface area (Å²) < 4.78 is 7.68. The van der Waals surface area contributed by atoms with Crippen LogP contribution in [0.5, 0.6) is 5.75 Å². The van der Waals surface area contributed by atoms with Gasteiger partial charge >= 0.3 is 5.97 Å². The number of fused-ring (bicyclic) bond motifs is 1. The highest BCUT2D eigenvalue weighted by Gasteiger charge is 2.45. The highest BCUT2D eigenvalue weighted by molar-refractivity contribution is 6.31. The van der Waals surface area contributed by atoms with E-state index in [9.17, 15) is 14.7 Å². The number of halogens is 2. The van der Waals surface area contributed by atoms with Crippen LogP contribution in [0.4, 0.5) is 5.69 Å². The van der Waals surface area contributed by atoms with E-state index in [0.717, 1.165) is 16.8 Å². The zero-order chi connectivity index (χ0) is 28.0. The lowest BCUT2D eigenvalue weighted by Crippen LogP contribution is -2.31. The minimum Gasteiger partial charge on any atom is -0.496 e. The lowest BCUT2D eigenvalue weighted by atomic mass is 10.0. The maximum absolute atomic E-state index is 14.2. The van der Waals surface area contributed by atoms with Gasteiger partial charge < -0.3 is 14.4 Å². The normalized spacial score (nSPS) is 14.7. The van der Waals surface area contributed by atoms with Crippen LogP contribution < -0.4 is 9.64 Å². The van der Waals surface area contributed by atoms with Gasteiger partial charge in [-0.25, -0.2) is 4.98 Å². The van der Waals surface area contributed by atoms with Crippen LogP contribution in [-0.2, 0) is 11.2 Å². The first-order chi connectivity index (χ1) is 18.6. The second kappa shape index (κ2) is 10.4. The van der Waals surface area contributed by atoms with Gasteiger partial charge in [0.15, 0.2) is 5.69 Å². The summed E-state index contributed by atoms with van der Waals surface area (Å²) in [6, 6.07) is 17.5. The molecule has 1 aromatic heterocycles. The van der Waals surface area contributed by atoms with Crippen molar-refractivity contribution in [2.24, 2.45) is 0 Å². The number of benzene rings is 3. The highest BCUT2D eigenvalue weighted by atomic mass is 35.5. The summed E-state index contributed by atoms with van der Waals surface area (Å²) in [4.78, 5) is 32.2. The number of hydrogen-bond acceptors (Lipinski definition) is 4. The van der Waals surface area contributed by atoms with Gasteiger partial charge in [-0.15, -0.1) is 0 Å². The molecule has 0 saturated carbocycles. The van der Waals surface area contributed by atoms with Gasteiger partial charge in [0.1, 0.15) is 17.6 Å². The Bertz CT molecular complexity index is 1590. The van der Waals surface area contributed by atoms with Crippen molar-refractivity contribution in [3.05, 3.63) is 98.8 Å². The Kier molecular flexibility index (Phi) is 7.14. The number of carboxylic acids is 1. The van der Waals surface area contributed by atoms with Crippen LogP contribution in [0.1, 0.15) is 58.8 Å². The molecule has 0 bridgehead atoms. The van der Waals surface area contributed by atoms with Crippen LogP contribution in [0.2, 0.25) is 10.0 Å². The lowest BCUT2D eigenvalue weighted by molar-refractivity contribution is -0.136. The molecule has 4 aromatic rings. The van der Waals surface area contributed by atoms with E-state index in [0.29, 0.717) is 44.1 Å². The zero-order valence-corrected chi connectivity index (χ0v) is 23.4. The third kappa shape index (κ3) is 4.77. The smallest absolute Gasteiger partial charge is 0.307 e. The fourth-order valence-corrected chi connectivity index (χ4v) is 5.48. The van der Waals surface area contributed by atoms with Gasteiger partial charge in [-0.2, -0.15) is 0 Å². The van der Waals surface area contributed by atoms with Crippen molar-refractivity contribution in [1.82, 2.24) is 9.55 Å². The largest absolute Gasteiger partial charge is 0.496 e. The Balaban J connectivity index is 1.78. The summed E-state index contributed by atoms with van der Waals surface area (Å²) in [5, 5.41) is 10.5. The Morgan fingerprint density at radius 2 is 1.74 bits per heavy atom. The van der Waals surface area contributed by atoms with Crippen LogP contribution in [-0.4, -0.2) is 33.6 Å². The summed E-state index contributed by atoms with van der Waals surface area (Å²) in [7, 11) is 1.55. The van der Waals surface area contributed by atoms with E-state index in [1.165, 1.54) is 0 Å². The highest BCUT2D eigenvalue weighted by Crippen LogP contribution is 2.46. The molecule has 1 aliphatic heterocycles. The third-order valence-corrected chi connectivity index (χ3v) is 7.37. The second-order valence-corrected chi connectivity index (χ2v) is 10.7. The van der Waals surface area contributed by atoms with E-state index in [4.69, 9.17) is 32.9 Å². The van der Waals surface area contributed by atoms with Gasteiger partial charge in [0, 0.05) is 21.8 Å². The van der Waals surface area contributed by atoms with Gasteiger partial charge in [-0.1, -0.05) is 47.5 Å². The molecule has 5 rings (SSSR count). The molecule has 39 heavy (non-hydrogen) atoms. The minimum atomic E-state index is -0.939. The van der Waals surface area contributed by atoms with E-state index in [1.54, 1.807) is 54.5 Å². The SMILES string of the molecule is COc1ccc(CC(=O)O)cc1-c1nc2c(n1C(C)C)C(c1ccc(Cl)cc1)N(c1cc(Cl)ccc1C)C2=O. The minimum absolute atomic E-state index is 0.0907. The van der Waals surface area contributed by atoms with Crippen molar-refractivity contribution in [2.45, 2.75) is 39.3 Å². The lowest BCUT2D eigenvalue weighted by Gasteiger charge is -2.29. The second-order valence-electron chi connectivity index (χ2n) is 9.80. The number of aliphatic carboxylic acids is 1. The molecule has 2 heterocycles. The molecule has 0 spiro atoms. The molecule has 3 aromatic carbocycles. The summed E-state index contributed by atoms with van der Waals surface area (Å²) in [5.41, 5.74) is 4.74.